The van der Waals surface area contributed by atoms with E-state index in [1.165, 1.54) is 5.39 Å². The van der Waals surface area contributed by atoms with Crippen LogP contribution in [0.15, 0.2) is 36.4 Å². The Morgan fingerprint density at radius 3 is 2.50 bits per heavy atom. The van der Waals surface area contributed by atoms with Crippen LogP contribution in [0.4, 0.5) is 0 Å². The average Bonchev–Trinajstić information content (AvgIpc) is 2.35. The number of aromatic nitrogens is 1. The van der Waals surface area contributed by atoms with Crippen LogP contribution < -0.4 is 0 Å². The van der Waals surface area contributed by atoms with E-state index in [9.17, 15) is 0 Å². The number of hydrogen-bond donors (Lipinski definition) is 0. The molecule has 0 fully saturated rings. The summed E-state index contributed by atoms with van der Waals surface area (Å²) in [5.41, 5.74) is 2.24. The first-order chi connectivity index (χ1) is 7.83. The van der Waals surface area contributed by atoms with Crippen LogP contribution in [0.1, 0.15) is 19.5 Å². The van der Waals surface area contributed by atoms with E-state index < -0.39 is 0 Å². The fraction of sp³-hybridized carbons (Fsp3) is 0.357. The zero-order valence-corrected chi connectivity index (χ0v) is 9.98. The lowest BCUT2D eigenvalue weighted by atomic mass is 10.2. The van der Waals surface area contributed by atoms with Crippen LogP contribution in [-0.2, 0) is 6.54 Å². The van der Waals surface area contributed by atoms with Gasteiger partial charge in [0.2, 0.25) is 0 Å². The minimum atomic E-state index is 0.942. The summed E-state index contributed by atoms with van der Waals surface area (Å²) in [7, 11) is 0. The van der Waals surface area contributed by atoms with Crippen LogP contribution >= 0.6 is 0 Å². The second-order valence-electron chi connectivity index (χ2n) is 3.96. The molecule has 0 amide bonds. The Balaban J connectivity index is 2.25. The van der Waals surface area contributed by atoms with Gasteiger partial charge in [0, 0.05) is 11.9 Å². The van der Waals surface area contributed by atoms with Gasteiger partial charge >= 0.3 is 0 Å². The summed E-state index contributed by atoms with van der Waals surface area (Å²) < 4.78 is 0. The Bertz CT molecular complexity index is 461. The van der Waals surface area contributed by atoms with E-state index in [4.69, 9.17) is 0 Å². The standard InChI is InChI=1S/C14H18N2/c1-3-16(4-2)11-13-10-9-12-7-5-6-8-14(12)15-13/h5-10H,3-4,11H2,1-2H3. The molecule has 0 unspecified atom stereocenters. The monoisotopic (exact) mass is 214 g/mol. The molecular formula is C14H18N2. The third-order valence-electron chi connectivity index (χ3n) is 2.94. The van der Waals surface area contributed by atoms with Gasteiger partial charge in [-0.05, 0) is 25.2 Å². The Hall–Kier alpha value is -1.41. The van der Waals surface area contributed by atoms with Crippen molar-refractivity contribution in [1.29, 1.82) is 0 Å². The third-order valence-corrected chi connectivity index (χ3v) is 2.94. The molecule has 0 N–H and O–H groups in total. The van der Waals surface area contributed by atoms with Gasteiger partial charge in [0.15, 0.2) is 0 Å². The Morgan fingerprint density at radius 2 is 1.75 bits per heavy atom. The molecule has 1 heterocycles. The fourth-order valence-electron chi connectivity index (χ4n) is 1.87. The van der Waals surface area contributed by atoms with Crippen LogP contribution in [0, 0.1) is 0 Å². The van der Waals surface area contributed by atoms with Crippen LogP contribution in [-0.4, -0.2) is 23.0 Å². The van der Waals surface area contributed by atoms with Gasteiger partial charge in [0.05, 0.1) is 11.2 Å². The van der Waals surface area contributed by atoms with Crippen LogP contribution in [0.3, 0.4) is 0 Å². The quantitative estimate of drug-likeness (QED) is 0.777. The number of fused-ring (bicyclic) bond motifs is 1. The van der Waals surface area contributed by atoms with Gasteiger partial charge in [-0.3, -0.25) is 9.88 Å². The van der Waals surface area contributed by atoms with Crippen LogP contribution in [0.2, 0.25) is 0 Å². The first-order valence-electron chi connectivity index (χ1n) is 5.90. The Labute approximate surface area is 96.9 Å². The highest BCUT2D eigenvalue weighted by Gasteiger charge is 2.02. The molecule has 0 saturated carbocycles. The van der Waals surface area contributed by atoms with Gasteiger partial charge in [-0.15, -0.1) is 0 Å². The van der Waals surface area contributed by atoms with E-state index in [1.807, 2.05) is 12.1 Å². The van der Waals surface area contributed by atoms with E-state index in [-0.39, 0.29) is 0 Å². The average molecular weight is 214 g/mol. The smallest absolute Gasteiger partial charge is 0.0705 e. The highest BCUT2D eigenvalue weighted by molar-refractivity contribution is 5.78. The summed E-state index contributed by atoms with van der Waals surface area (Å²) in [5.74, 6) is 0. The summed E-state index contributed by atoms with van der Waals surface area (Å²) in [6.45, 7) is 7.46. The minimum absolute atomic E-state index is 0.942. The predicted molar refractivity (Wildman–Crippen MR) is 68.4 cm³/mol. The maximum atomic E-state index is 4.67. The minimum Gasteiger partial charge on any atom is -0.298 e. The number of para-hydroxylation sites is 1. The van der Waals surface area contributed by atoms with Crippen molar-refractivity contribution in [3.05, 3.63) is 42.1 Å². The summed E-state index contributed by atoms with van der Waals surface area (Å²) in [6.07, 6.45) is 0. The van der Waals surface area contributed by atoms with Crippen molar-refractivity contribution in [2.24, 2.45) is 0 Å². The number of rotatable bonds is 4. The maximum absolute atomic E-state index is 4.67. The van der Waals surface area contributed by atoms with E-state index in [2.05, 4.69) is 48.0 Å². The second-order valence-corrected chi connectivity index (χ2v) is 3.96. The molecule has 1 aromatic heterocycles. The Kier molecular flexibility index (Phi) is 3.52. The van der Waals surface area contributed by atoms with Crippen molar-refractivity contribution in [2.75, 3.05) is 13.1 Å². The molecule has 0 aliphatic rings. The maximum Gasteiger partial charge on any atom is 0.0705 e. The first-order valence-corrected chi connectivity index (χ1v) is 5.90. The SMILES string of the molecule is CCN(CC)Cc1ccc2ccccc2n1. The van der Waals surface area contributed by atoms with Gasteiger partial charge < -0.3 is 0 Å². The van der Waals surface area contributed by atoms with Crippen molar-refractivity contribution in [2.45, 2.75) is 20.4 Å². The highest BCUT2D eigenvalue weighted by Crippen LogP contribution is 2.12. The van der Waals surface area contributed by atoms with E-state index in [0.29, 0.717) is 0 Å². The number of nitrogens with zero attached hydrogens (tertiary/aromatic N) is 2. The van der Waals surface area contributed by atoms with Crippen molar-refractivity contribution in [3.63, 3.8) is 0 Å². The lowest BCUT2D eigenvalue weighted by Gasteiger charge is -2.17. The molecule has 2 nitrogen and oxygen atoms in total. The van der Waals surface area contributed by atoms with Crippen LogP contribution in [0.25, 0.3) is 10.9 Å². The predicted octanol–water partition coefficient (Wildman–Crippen LogP) is 3.08. The van der Waals surface area contributed by atoms with Gasteiger partial charge in [0.1, 0.15) is 0 Å². The normalized spacial score (nSPS) is 11.2. The zero-order valence-electron chi connectivity index (χ0n) is 9.98. The summed E-state index contributed by atoms with van der Waals surface area (Å²) in [6, 6.07) is 12.5. The van der Waals surface area contributed by atoms with Gasteiger partial charge in [-0.25, -0.2) is 0 Å². The molecule has 0 bridgehead atoms. The number of hydrogen-bond acceptors (Lipinski definition) is 2. The van der Waals surface area contributed by atoms with E-state index >= 15 is 0 Å². The molecule has 1 aromatic carbocycles. The molecule has 0 saturated heterocycles. The number of pyridine rings is 1. The van der Waals surface area contributed by atoms with E-state index in [1.54, 1.807) is 0 Å². The fourth-order valence-corrected chi connectivity index (χ4v) is 1.87. The molecule has 2 rings (SSSR count). The van der Waals surface area contributed by atoms with Gasteiger partial charge in [0.25, 0.3) is 0 Å². The molecule has 2 heteroatoms. The molecule has 16 heavy (non-hydrogen) atoms. The second kappa shape index (κ2) is 5.08. The van der Waals surface area contributed by atoms with E-state index in [0.717, 1.165) is 30.8 Å². The summed E-state index contributed by atoms with van der Waals surface area (Å²) >= 11 is 0. The van der Waals surface area contributed by atoms with Crippen LogP contribution in [0.5, 0.6) is 0 Å². The largest absolute Gasteiger partial charge is 0.298 e. The molecule has 0 aliphatic carbocycles. The molecular weight excluding hydrogens is 196 g/mol. The molecule has 84 valence electrons. The zero-order chi connectivity index (χ0) is 11.4. The lowest BCUT2D eigenvalue weighted by molar-refractivity contribution is 0.292. The number of benzene rings is 1. The topological polar surface area (TPSA) is 16.1 Å². The summed E-state index contributed by atoms with van der Waals surface area (Å²) in [5, 5.41) is 1.21. The third kappa shape index (κ3) is 2.39. The molecule has 0 spiro atoms. The van der Waals surface area contributed by atoms with Crippen molar-refractivity contribution < 1.29 is 0 Å². The Morgan fingerprint density at radius 1 is 1.00 bits per heavy atom. The van der Waals surface area contributed by atoms with Gasteiger partial charge in [-0.2, -0.15) is 0 Å². The summed E-state index contributed by atoms with van der Waals surface area (Å²) in [4.78, 5) is 7.04. The molecule has 0 aliphatic heterocycles. The van der Waals surface area contributed by atoms with Crippen molar-refractivity contribution >= 4 is 10.9 Å². The van der Waals surface area contributed by atoms with Crippen molar-refractivity contribution in [3.8, 4) is 0 Å². The van der Waals surface area contributed by atoms with Gasteiger partial charge in [-0.1, -0.05) is 38.1 Å². The molecule has 2 aromatic rings. The first kappa shape index (κ1) is 11.1. The lowest BCUT2D eigenvalue weighted by Crippen LogP contribution is -2.22. The molecule has 0 radical (unpaired) electrons. The molecule has 0 atom stereocenters. The van der Waals surface area contributed by atoms with Crippen molar-refractivity contribution in [1.82, 2.24) is 9.88 Å². The highest BCUT2D eigenvalue weighted by atomic mass is 15.1.